The second kappa shape index (κ2) is 10.4. The molecule has 0 heterocycles. The number of urea groups is 1. The molecule has 138 valence electrons. The molecule has 0 saturated carbocycles. The Hall–Kier alpha value is -2.61. The average Bonchev–Trinajstić information content (AvgIpc) is 2.63. The van der Waals surface area contributed by atoms with Gasteiger partial charge in [0.1, 0.15) is 11.6 Å². The number of benzene rings is 2. The summed E-state index contributed by atoms with van der Waals surface area (Å²) in [5.41, 5.74) is 5.47. The Morgan fingerprint density at radius 2 is 1.50 bits per heavy atom. The van der Waals surface area contributed by atoms with Crippen LogP contribution in [0.3, 0.4) is 0 Å². The topological polar surface area (TPSA) is 70.2 Å². The maximum absolute atomic E-state index is 12.8. The lowest BCUT2D eigenvalue weighted by atomic mass is 10.1. The summed E-state index contributed by atoms with van der Waals surface area (Å²) >= 11 is 1.42. The Morgan fingerprint density at radius 3 is 2.15 bits per heavy atom. The van der Waals surface area contributed by atoms with E-state index in [0.29, 0.717) is 18.7 Å². The maximum atomic E-state index is 12.8. The molecule has 26 heavy (non-hydrogen) atoms. The summed E-state index contributed by atoms with van der Waals surface area (Å²) in [6.07, 6.45) is 0.758. The summed E-state index contributed by atoms with van der Waals surface area (Å²) in [5, 5.41) is 2.59. The van der Waals surface area contributed by atoms with Gasteiger partial charge >= 0.3 is 6.03 Å². The van der Waals surface area contributed by atoms with Gasteiger partial charge in [-0.05, 0) is 48.4 Å². The van der Waals surface area contributed by atoms with Crippen molar-refractivity contribution >= 4 is 23.7 Å². The van der Waals surface area contributed by atoms with Crippen molar-refractivity contribution in [1.82, 2.24) is 16.2 Å². The summed E-state index contributed by atoms with van der Waals surface area (Å²) in [6.45, 7) is 0.355. The average molecular weight is 379 g/mol. The van der Waals surface area contributed by atoms with Crippen LogP contribution in [-0.2, 0) is 11.2 Å². The van der Waals surface area contributed by atoms with Gasteiger partial charge in [-0.2, -0.15) is 0 Å². The second-order valence-corrected chi connectivity index (χ2v) is 6.53. The van der Waals surface area contributed by atoms with Crippen molar-refractivity contribution in [2.75, 3.05) is 12.3 Å². The summed E-state index contributed by atoms with van der Waals surface area (Å²) < 4.78 is 25.6. The molecule has 0 aliphatic carbocycles. The number of nitrogens with one attached hydrogen (secondary N) is 3. The van der Waals surface area contributed by atoms with Crippen LogP contribution < -0.4 is 16.2 Å². The summed E-state index contributed by atoms with van der Waals surface area (Å²) in [5.74, 6) is -0.430. The van der Waals surface area contributed by atoms with Crippen LogP contribution in [0.15, 0.2) is 53.4 Å². The minimum atomic E-state index is -0.522. The highest BCUT2D eigenvalue weighted by Crippen LogP contribution is 2.18. The molecule has 5 nitrogen and oxygen atoms in total. The van der Waals surface area contributed by atoms with E-state index < -0.39 is 6.03 Å². The molecule has 0 aliphatic rings. The van der Waals surface area contributed by atoms with Crippen molar-refractivity contribution in [2.24, 2.45) is 0 Å². The van der Waals surface area contributed by atoms with Crippen molar-refractivity contribution in [1.29, 1.82) is 0 Å². The molecule has 0 saturated heterocycles. The van der Waals surface area contributed by atoms with Gasteiger partial charge in [0.15, 0.2) is 0 Å². The second-order valence-electron chi connectivity index (χ2n) is 5.36. The molecular formula is C18H19F2N3O2S. The number of hydrogen-bond acceptors (Lipinski definition) is 3. The standard InChI is InChI=1S/C18H19F2N3O2S/c19-14-3-1-13(2-4-14)9-11-21-18(25)23-22-17(24)10-12-26-16-7-5-15(20)6-8-16/h1-8H,9-12H2,(H,22,24)(H2,21,23,25). The Morgan fingerprint density at radius 1 is 0.885 bits per heavy atom. The van der Waals surface area contributed by atoms with Gasteiger partial charge in [0, 0.05) is 23.6 Å². The molecule has 0 aliphatic heterocycles. The third kappa shape index (κ3) is 7.52. The molecule has 2 rings (SSSR count). The molecule has 2 aromatic carbocycles. The number of amides is 3. The maximum Gasteiger partial charge on any atom is 0.333 e. The van der Waals surface area contributed by atoms with Gasteiger partial charge in [0.25, 0.3) is 0 Å². The van der Waals surface area contributed by atoms with Crippen molar-refractivity contribution in [3.8, 4) is 0 Å². The minimum absolute atomic E-state index is 0.206. The predicted molar refractivity (Wildman–Crippen MR) is 96.5 cm³/mol. The molecule has 0 aromatic heterocycles. The minimum Gasteiger partial charge on any atom is -0.336 e. The summed E-state index contributed by atoms with van der Waals surface area (Å²) in [4.78, 5) is 24.1. The molecule has 8 heteroatoms. The number of thioether (sulfide) groups is 1. The van der Waals surface area contributed by atoms with E-state index in [2.05, 4.69) is 16.2 Å². The summed E-state index contributed by atoms with van der Waals surface area (Å²) in [7, 11) is 0. The lowest BCUT2D eigenvalue weighted by Crippen LogP contribution is -2.47. The number of carbonyl (C=O) groups excluding carboxylic acids is 2. The highest BCUT2D eigenvalue weighted by Gasteiger charge is 2.05. The molecular weight excluding hydrogens is 360 g/mol. The van der Waals surface area contributed by atoms with Gasteiger partial charge in [-0.3, -0.25) is 10.2 Å². The van der Waals surface area contributed by atoms with Crippen molar-refractivity contribution in [3.63, 3.8) is 0 Å². The molecule has 3 amide bonds. The quantitative estimate of drug-likeness (QED) is 0.512. The third-order valence-corrected chi connectivity index (χ3v) is 4.35. The van der Waals surface area contributed by atoms with E-state index in [9.17, 15) is 18.4 Å². The first-order valence-electron chi connectivity index (χ1n) is 7.98. The van der Waals surface area contributed by atoms with Gasteiger partial charge in [-0.15, -0.1) is 11.8 Å². The monoisotopic (exact) mass is 379 g/mol. The van der Waals surface area contributed by atoms with E-state index >= 15 is 0 Å². The van der Waals surface area contributed by atoms with E-state index in [4.69, 9.17) is 0 Å². The molecule has 0 spiro atoms. The molecule has 0 unspecified atom stereocenters. The Kier molecular flexibility index (Phi) is 7.88. The van der Waals surface area contributed by atoms with Crippen molar-refractivity contribution in [3.05, 3.63) is 65.7 Å². The van der Waals surface area contributed by atoms with E-state index in [-0.39, 0.29) is 24.0 Å². The molecule has 2 aromatic rings. The fourth-order valence-corrected chi connectivity index (χ4v) is 2.85. The molecule has 0 atom stereocenters. The number of halogens is 2. The van der Waals surface area contributed by atoms with Crippen molar-refractivity contribution < 1.29 is 18.4 Å². The van der Waals surface area contributed by atoms with Crippen LogP contribution in [0.1, 0.15) is 12.0 Å². The van der Waals surface area contributed by atoms with Crippen LogP contribution in [0.5, 0.6) is 0 Å². The van der Waals surface area contributed by atoms with Gasteiger partial charge in [-0.25, -0.2) is 19.0 Å². The zero-order valence-corrected chi connectivity index (χ0v) is 14.7. The number of hydrogen-bond donors (Lipinski definition) is 3. The number of rotatable bonds is 7. The fourth-order valence-electron chi connectivity index (χ4n) is 2.00. The van der Waals surface area contributed by atoms with Gasteiger partial charge in [0.05, 0.1) is 0 Å². The van der Waals surface area contributed by atoms with Crippen LogP contribution in [-0.4, -0.2) is 24.2 Å². The zero-order valence-electron chi connectivity index (χ0n) is 13.9. The smallest absolute Gasteiger partial charge is 0.333 e. The van der Waals surface area contributed by atoms with Crippen molar-refractivity contribution in [2.45, 2.75) is 17.7 Å². The highest BCUT2D eigenvalue weighted by atomic mass is 32.2. The van der Waals surface area contributed by atoms with Gasteiger partial charge in [-0.1, -0.05) is 12.1 Å². The number of hydrazine groups is 1. The van der Waals surface area contributed by atoms with E-state index in [1.165, 1.54) is 36.0 Å². The van der Waals surface area contributed by atoms with Crippen LogP contribution in [0.2, 0.25) is 0 Å². The fraction of sp³-hybridized carbons (Fsp3) is 0.222. The van der Waals surface area contributed by atoms with E-state index in [1.807, 2.05) is 0 Å². The first kappa shape index (κ1) is 19.7. The molecule has 3 N–H and O–H groups in total. The molecule has 0 radical (unpaired) electrons. The SMILES string of the molecule is O=C(CCSc1ccc(F)cc1)NNC(=O)NCCc1ccc(F)cc1. The summed E-state index contributed by atoms with van der Waals surface area (Å²) in [6, 6.07) is 11.5. The Labute approximate surface area is 154 Å². The van der Waals surface area contributed by atoms with Gasteiger partial charge in [0.2, 0.25) is 5.91 Å². The predicted octanol–water partition coefficient (Wildman–Crippen LogP) is 3.02. The lowest BCUT2D eigenvalue weighted by Gasteiger charge is -2.09. The van der Waals surface area contributed by atoms with E-state index in [1.54, 1.807) is 24.3 Å². The van der Waals surface area contributed by atoms with Crippen LogP contribution in [0.25, 0.3) is 0 Å². The molecule has 0 bridgehead atoms. The lowest BCUT2D eigenvalue weighted by molar-refractivity contribution is -0.121. The first-order chi connectivity index (χ1) is 12.5. The zero-order chi connectivity index (χ0) is 18.8. The van der Waals surface area contributed by atoms with Crippen LogP contribution in [0, 0.1) is 11.6 Å². The first-order valence-corrected chi connectivity index (χ1v) is 8.97. The Balaban J connectivity index is 1.55. The molecule has 0 fully saturated rings. The number of carbonyl (C=O) groups is 2. The highest BCUT2D eigenvalue weighted by molar-refractivity contribution is 7.99. The Bertz CT molecular complexity index is 661. The largest absolute Gasteiger partial charge is 0.336 e. The normalized spacial score (nSPS) is 10.2. The van der Waals surface area contributed by atoms with Gasteiger partial charge < -0.3 is 5.32 Å². The van der Waals surface area contributed by atoms with Crippen LogP contribution in [0.4, 0.5) is 13.6 Å². The third-order valence-electron chi connectivity index (χ3n) is 3.34. The van der Waals surface area contributed by atoms with E-state index in [0.717, 1.165) is 10.5 Å². The van der Waals surface area contributed by atoms with Crippen LogP contribution >= 0.6 is 11.8 Å².